The van der Waals surface area contributed by atoms with Crippen molar-refractivity contribution in [3.63, 3.8) is 0 Å². The number of fused-ring (bicyclic) bond motifs is 1. The third-order valence-corrected chi connectivity index (χ3v) is 5.79. The lowest BCUT2D eigenvalue weighted by atomic mass is 10.2. The normalized spacial score (nSPS) is 16.6. The zero-order chi connectivity index (χ0) is 18.7. The van der Waals surface area contributed by atoms with E-state index in [1.54, 1.807) is 18.2 Å². The highest BCUT2D eigenvalue weighted by atomic mass is 35.5. The van der Waals surface area contributed by atoms with Gasteiger partial charge in [0.25, 0.3) is 5.91 Å². The van der Waals surface area contributed by atoms with Crippen molar-refractivity contribution >= 4 is 51.7 Å². The molecule has 2 aliphatic rings. The molecule has 0 spiro atoms. The number of carbonyl (C=O) groups excluding carboxylic acids is 1. The highest BCUT2D eigenvalue weighted by molar-refractivity contribution is 8.18. The Kier molecular flexibility index (Phi) is 6.51. The topological polar surface area (TPSA) is 56.1 Å². The van der Waals surface area contributed by atoms with E-state index in [2.05, 4.69) is 16.8 Å². The molecule has 2 aliphatic heterocycles. The van der Waals surface area contributed by atoms with E-state index in [-0.39, 0.29) is 19.1 Å². The fourth-order valence-electron chi connectivity index (χ4n) is 3.11. The molecule has 0 radical (unpaired) electrons. The molecule has 0 unspecified atom stereocenters. The number of amidine groups is 1. The summed E-state index contributed by atoms with van der Waals surface area (Å²) < 4.78 is 0. The number of halogens is 2. The minimum absolute atomic E-state index is 0.150. The van der Waals surface area contributed by atoms with E-state index in [1.165, 1.54) is 16.7 Å². The van der Waals surface area contributed by atoms with Gasteiger partial charge in [0.2, 0.25) is 0 Å². The lowest BCUT2D eigenvalue weighted by Gasteiger charge is -2.25. The molecular weight excluding hydrogens is 393 g/mol. The van der Waals surface area contributed by atoms with Gasteiger partial charge in [0.1, 0.15) is 4.91 Å². The van der Waals surface area contributed by atoms with Crippen molar-refractivity contribution in [1.82, 2.24) is 4.90 Å². The van der Waals surface area contributed by atoms with E-state index < -0.39 is 0 Å². The molecule has 0 bridgehead atoms. The fraction of sp³-hybridized carbons (Fsp3) is 0.444. The van der Waals surface area contributed by atoms with Crippen molar-refractivity contribution in [2.45, 2.75) is 26.2 Å². The summed E-state index contributed by atoms with van der Waals surface area (Å²) in [6.45, 7) is 3.80. The molecule has 0 saturated carbocycles. The summed E-state index contributed by atoms with van der Waals surface area (Å²) in [7, 11) is 0. The van der Waals surface area contributed by atoms with Gasteiger partial charge < -0.3 is 14.9 Å². The van der Waals surface area contributed by atoms with Gasteiger partial charge in [-0.05, 0) is 42.8 Å². The lowest BCUT2D eigenvalue weighted by molar-refractivity contribution is -0.114. The number of thioether (sulfide) groups is 1. The Morgan fingerprint density at radius 1 is 1.35 bits per heavy atom. The summed E-state index contributed by atoms with van der Waals surface area (Å²) in [5.74, 6) is -0.150. The van der Waals surface area contributed by atoms with E-state index in [9.17, 15) is 9.90 Å². The van der Waals surface area contributed by atoms with Gasteiger partial charge in [-0.25, -0.2) is 0 Å². The maximum Gasteiger partial charge on any atom is 0.267 e. The van der Waals surface area contributed by atoms with E-state index in [0.29, 0.717) is 20.6 Å². The number of carbonyl (C=O) groups is 1. The molecule has 26 heavy (non-hydrogen) atoms. The van der Waals surface area contributed by atoms with E-state index >= 15 is 0 Å². The largest absolute Gasteiger partial charge is 0.395 e. The van der Waals surface area contributed by atoms with E-state index in [4.69, 9.17) is 23.2 Å². The molecule has 140 valence electrons. The standard InChI is InChI=1S/C18H21Cl2N3O2S/c1-2-4-15-16(26-18-21-5-3-6-23(15)18)17(25)22(7-8-24)14-10-12(19)9-13(20)11-14/h9-11,24H,2-8H2,1H3. The van der Waals surface area contributed by atoms with Crippen LogP contribution in [0.15, 0.2) is 33.8 Å². The number of amides is 1. The Hall–Kier alpha value is -1.21. The van der Waals surface area contributed by atoms with Crippen LogP contribution in [0.1, 0.15) is 26.2 Å². The first-order valence-electron chi connectivity index (χ1n) is 8.67. The van der Waals surface area contributed by atoms with Gasteiger partial charge in [-0.15, -0.1) is 0 Å². The van der Waals surface area contributed by atoms with Crippen LogP contribution in [0.2, 0.25) is 10.0 Å². The molecule has 8 heteroatoms. The van der Waals surface area contributed by atoms with Crippen LogP contribution in [0.4, 0.5) is 5.69 Å². The number of anilines is 1. The van der Waals surface area contributed by atoms with Crippen molar-refractivity contribution in [3.05, 3.63) is 38.8 Å². The first kappa shape index (κ1) is 19.5. The molecule has 1 aromatic carbocycles. The van der Waals surface area contributed by atoms with Crippen LogP contribution in [0.25, 0.3) is 0 Å². The predicted octanol–water partition coefficient (Wildman–Crippen LogP) is 4.14. The van der Waals surface area contributed by atoms with Gasteiger partial charge in [0.05, 0.1) is 6.61 Å². The monoisotopic (exact) mass is 413 g/mol. The number of rotatable bonds is 6. The molecule has 1 amide bonds. The van der Waals surface area contributed by atoms with Crippen molar-refractivity contribution in [1.29, 1.82) is 0 Å². The number of aliphatic imine (C=N–C) groups is 1. The van der Waals surface area contributed by atoms with Crippen LogP contribution in [-0.2, 0) is 4.79 Å². The van der Waals surface area contributed by atoms with Gasteiger partial charge >= 0.3 is 0 Å². The Labute approximate surface area is 167 Å². The van der Waals surface area contributed by atoms with Crippen molar-refractivity contribution in [2.75, 3.05) is 31.1 Å². The summed E-state index contributed by atoms with van der Waals surface area (Å²) in [6, 6.07) is 4.99. The minimum atomic E-state index is -0.151. The number of benzene rings is 1. The Morgan fingerprint density at radius 2 is 2.08 bits per heavy atom. The SMILES string of the molecule is CCCC1=C(C(=O)N(CCO)c2cc(Cl)cc(Cl)c2)SC2=NCCCN21. The summed E-state index contributed by atoms with van der Waals surface area (Å²) >= 11 is 13.6. The second kappa shape index (κ2) is 8.65. The van der Waals surface area contributed by atoms with Crippen molar-refractivity contribution < 1.29 is 9.90 Å². The van der Waals surface area contributed by atoms with Crippen LogP contribution in [0.3, 0.4) is 0 Å². The number of aliphatic hydroxyl groups excluding tert-OH is 1. The third-order valence-electron chi connectivity index (χ3n) is 4.21. The zero-order valence-electron chi connectivity index (χ0n) is 14.5. The van der Waals surface area contributed by atoms with Crippen molar-refractivity contribution in [2.24, 2.45) is 4.99 Å². The van der Waals surface area contributed by atoms with Crippen molar-refractivity contribution in [3.8, 4) is 0 Å². The maximum absolute atomic E-state index is 13.4. The quantitative estimate of drug-likeness (QED) is 0.760. The van der Waals surface area contributed by atoms with Gasteiger partial charge in [-0.1, -0.05) is 36.5 Å². The van der Waals surface area contributed by atoms with Gasteiger partial charge in [0, 0.05) is 41.1 Å². The Morgan fingerprint density at radius 3 is 2.73 bits per heavy atom. The van der Waals surface area contributed by atoms with E-state index in [1.807, 2.05) is 0 Å². The van der Waals surface area contributed by atoms with Crippen LogP contribution >= 0.6 is 35.0 Å². The first-order valence-corrected chi connectivity index (χ1v) is 10.2. The second-order valence-electron chi connectivity index (χ2n) is 6.11. The van der Waals surface area contributed by atoms with Gasteiger partial charge in [-0.2, -0.15) is 0 Å². The van der Waals surface area contributed by atoms with Crippen LogP contribution in [0.5, 0.6) is 0 Å². The first-order chi connectivity index (χ1) is 12.5. The molecule has 0 saturated heterocycles. The summed E-state index contributed by atoms with van der Waals surface area (Å²) in [4.78, 5) is 22.3. The highest BCUT2D eigenvalue weighted by Gasteiger charge is 2.36. The average Bonchev–Trinajstić information content (AvgIpc) is 2.97. The molecule has 0 aliphatic carbocycles. The van der Waals surface area contributed by atoms with Crippen LogP contribution < -0.4 is 4.90 Å². The molecule has 0 fully saturated rings. The molecule has 0 atom stereocenters. The average molecular weight is 414 g/mol. The van der Waals surface area contributed by atoms with Gasteiger partial charge in [-0.3, -0.25) is 9.79 Å². The molecule has 2 heterocycles. The Bertz CT molecular complexity index is 747. The third kappa shape index (κ3) is 4.03. The zero-order valence-corrected chi connectivity index (χ0v) is 16.9. The predicted molar refractivity (Wildman–Crippen MR) is 109 cm³/mol. The molecule has 3 rings (SSSR count). The van der Waals surface area contributed by atoms with Crippen LogP contribution in [-0.4, -0.2) is 47.3 Å². The van der Waals surface area contributed by atoms with Gasteiger partial charge in [0.15, 0.2) is 5.17 Å². The smallest absolute Gasteiger partial charge is 0.267 e. The second-order valence-corrected chi connectivity index (χ2v) is 7.96. The number of allylic oxidation sites excluding steroid dienone is 1. The number of aliphatic hydroxyl groups is 1. The van der Waals surface area contributed by atoms with E-state index in [0.717, 1.165) is 43.2 Å². The number of hydrogen-bond donors (Lipinski definition) is 1. The summed E-state index contributed by atoms with van der Waals surface area (Å²) in [5.41, 5.74) is 1.61. The molecule has 0 aromatic heterocycles. The highest BCUT2D eigenvalue weighted by Crippen LogP contribution is 2.40. The fourth-order valence-corrected chi connectivity index (χ4v) is 4.81. The summed E-state index contributed by atoms with van der Waals surface area (Å²) in [5, 5.41) is 11.3. The Balaban J connectivity index is 1.98. The lowest BCUT2D eigenvalue weighted by Crippen LogP contribution is -2.34. The number of nitrogens with zero attached hydrogens (tertiary/aromatic N) is 3. The summed E-state index contributed by atoms with van der Waals surface area (Å²) in [6.07, 6.45) is 2.75. The number of hydrogen-bond acceptors (Lipinski definition) is 5. The van der Waals surface area contributed by atoms with Crippen LogP contribution in [0, 0.1) is 0 Å². The molecular formula is C18H21Cl2N3O2S. The molecule has 5 nitrogen and oxygen atoms in total. The maximum atomic E-state index is 13.4. The molecule has 1 aromatic rings. The minimum Gasteiger partial charge on any atom is -0.395 e. The molecule has 1 N–H and O–H groups in total.